The Balaban J connectivity index is 1.29. The van der Waals surface area contributed by atoms with Gasteiger partial charge in [0, 0.05) is 0 Å². The molecule has 0 unspecified atom stereocenters. The van der Waals surface area contributed by atoms with Gasteiger partial charge in [0.05, 0.1) is 51.0 Å². The van der Waals surface area contributed by atoms with Gasteiger partial charge in [0.25, 0.3) is 0 Å². The van der Waals surface area contributed by atoms with Gasteiger partial charge in [-0.1, -0.05) is 60.7 Å². The lowest BCUT2D eigenvalue weighted by atomic mass is 10.2. The van der Waals surface area contributed by atoms with Crippen molar-refractivity contribution in [1.29, 1.82) is 21.0 Å². The third kappa shape index (κ3) is 6.73. The number of carbonyl (C=O) groups excluding carboxylic acids is 2. The van der Waals surface area contributed by atoms with Gasteiger partial charge in [0.15, 0.2) is 0 Å². The van der Waals surface area contributed by atoms with Gasteiger partial charge < -0.3 is 9.47 Å². The Morgan fingerprint density at radius 2 is 0.946 bits per heavy atom. The summed E-state index contributed by atoms with van der Waals surface area (Å²) in [4.78, 5) is 37.9. The number of fused-ring (bicyclic) bond motifs is 5. The maximum absolute atomic E-state index is 14.1. The summed E-state index contributed by atoms with van der Waals surface area (Å²) in [6, 6.07) is 36.4. The molecule has 0 spiro atoms. The highest BCUT2D eigenvalue weighted by molar-refractivity contribution is 7.36. The third-order valence-electron chi connectivity index (χ3n) is 8.32. The summed E-state index contributed by atoms with van der Waals surface area (Å²) in [5, 5.41) is 37.8. The monoisotopic (exact) mass is 804 g/mol. The molecular formula is C40H20N8O4S4. The first-order valence-electron chi connectivity index (χ1n) is 16.4. The molecule has 8 rings (SSSR count). The van der Waals surface area contributed by atoms with Crippen LogP contribution in [0.1, 0.15) is 11.1 Å². The van der Waals surface area contributed by atoms with Gasteiger partial charge in [0.2, 0.25) is 11.4 Å². The molecule has 0 N–H and O–H groups in total. The molecule has 0 fully saturated rings. The third-order valence-corrected chi connectivity index (χ3v) is 12.7. The van der Waals surface area contributed by atoms with Crippen LogP contribution in [0, 0.1) is 45.3 Å². The molecule has 0 aliphatic carbocycles. The first kappa shape index (κ1) is 35.8. The second kappa shape index (κ2) is 15.3. The van der Waals surface area contributed by atoms with Crippen LogP contribution in [0.5, 0.6) is 0 Å². The van der Waals surface area contributed by atoms with E-state index >= 15 is 0 Å². The van der Waals surface area contributed by atoms with Crippen LogP contribution < -0.4 is 0 Å². The molecule has 56 heavy (non-hydrogen) atoms. The minimum atomic E-state index is -0.614. The molecule has 8 aromatic rings. The van der Waals surface area contributed by atoms with E-state index in [4.69, 9.17) is 9.47 Å². The van der Waals surface area contributed by atoms with Gasteiger partial charge in [-0.05, 0) is 47.5 Å². The summed E-state index contributed by atoms with van der Waals surface area (Å²) in [5.41, 5.74) is 3.34. The Morgan fingerprint density at radius 3 is 1.32 bits per heavy atom. The molecule has 0 saturated carbocycles. The van der Waals surface area contributed by atoms with E-state index in [1.165, 1.54) is 54.5 Å². The molecule has 0 atom stereocenters. The highest BCUT2D eigenvalue weighted by Crippen LogP contribution is 2.50. The first-order valence-corrected chi connectivity index (χ1v) is 19.7. The molecule has 6 heterocycles. The molecule has 0 saturated heterocycles. The van der Waals surface area contributed by atoms with Gasteiger partial charge in [-0.2, -0.15) is 21.0 Å². The molecule has 2 aromatic carbocycles. The first-order chi connectivity index (χ1) is 27.4. The number of thiophene rings is 4. The summed E-state index contributed by atoms with van der Waals surface area (Å²) in [6.07, 6.45) is -1.23. The molecule has 268 valence electrons. The second-order valence-electron chi connectivity index (χ2n) is 11.7. The van der Waals surface area contributed by atoms with Gasteiger partial charge >= 0.3 is 12.2 Å². The topological polar surface area (TPSA) is 182 Å². The number of ether oxygens (including phenoxy) is 2. The van der Waals surface area contributed by atoms with Crippen molar-refractivity contribution in [3.63, 3.8) is 0 Å². The van der Waals surface area contributed by atoms with E-state index in [0.717, 1.165) is 29.9 Å². The molecule has 16 heteroatoms. The molecule has 0 aliphatic heterocycles. The summed E-state index contributed by atoms with van der Waals surface area (Å²) in [5.74, 6) is 0. The van der Waals surface area contributed by atoms with Crippen molar-refractivity contribution < 1.29 is 19.1 Å². The van der Waals surface area contributed by atoms with Crippen LogP contribution in [0.4, 0.5) is 19.6 Å². The van der Waals surface area contributed by atoms with Crippen molar-refractivity contribution in [1.82, 2.24) is 9.13 Å². The Bertz CT molecular complexity index is 2840. The zero-order chi connectivity index (χ0) is 38.8. The average Bonchev–Trinajstić information content (AvgIpc) is 4.08. The Kier molecular flexibility index (Phi) is 9.78. The zero-order valence-electron chi connectivity index (χ0n) is 28.5. The van der Waals surface area contributed by atoms with Gasteiger partial charge in [-0.15, -0.1) is 45.3 Å². The minimum absolute atomic E-state index is 0.0326. The molecule has 0 radical (unpaired) electrons. The fraction of sp³-hybridized carbons (Fsp3) is 0.0500. The number of hydrogen-bond donors (Lipinski definition) is 0. The zero-order valence-corrected chi connectivity index (χ0v) is 31.8. The van der Waals surface area contributed by atoms with Crippen molar-refractivity contribution in [3.8, 4) is 45.4 Å². The lowest BCUT2D eigenvalue weighted by molar-refractivity contribution is 0.142. The van der Waals surface area contributed by atoms with Crippen molar-refractivity contribution in [2.45, 2.75) is 13.2 Å². The number of carbonyl (C=O) groups is 2. The minimum Gasteiger partial charge on any atom is -0.444 e. The molecule has 0 amide bonds. The largest absolute Gasteiger partial charge is 0.444 e. The van der Waals surface area contributed by atoms with Crippen LogP contribution in [-0.2, 0) is 22.7 Å². The van der Waals surface area contributed by atoms with Crippen molar-refractivity contribution in [2.75, 3.05) is 0 Å². The molecule has 0 bridgehead atoms. The fourth-order valence-electron chi connectivity index (χ4n) is 5.91. The normalized spacial score (nSPS) is 10.7. The van der Waals surface area contributed by atoms with E-state index in [2.05, 4.69) is 9.98 Å². The van der Waals surface area contributed by atoms with Crippen LogP contribution >= 0.6 is 45.3 Å². The van der Waals surface area contributed by atoms with E-state index in [1.807, 2.05) is 72.8 Å². The lowest BCUT2D eigenvalue weighted by Gasteiger charge is -2.10. The molecule has 0 aliphatic rings. The number of aliphatic imine (C=N–C) groups is 2. The number of nitriles is 4. The van der Waals surface area contributed by atoms with Crippen LogP contribution in [0.15, 0.2) is 107 Å². The van der Waals surface area contributed by atoms with E-state index in [9.17, 15) is 30.6 Å². The summed E-state index contributed by atoms with van der Waals surface area (Å²) in [6.45, 7) is 0.0653. The van der Waals surface area contributed by atoms with E-state index in [0.29, 0.717) is 42.2 Å². The smallest absolute Gasteiger partial charge is 0.419 e. The van der Waals surface area contributed by atoms with E-state index in [-0.39, 0.29) is 24.6 Å². The maximum atomic E-state index is 14.1. The molecule has 6 aromatic heterocycles. The van der Waals surface area contributed by atoms with Crippen LogP contribution in [0.2, 0.25) is 0 Å². The van der Waals surface area contributed by atoms with Gasteiger partial charge in [-0.25, -0.2) is 28.7 Å². The van der Waals surface area contributed by atoms with Crippen molar-refractivity contribution in [3.05, 3.63) is 108 Å². The van der Waals surface area contributed by atoms with Crippen molar-refractivity contribution >= 4 is 109 Å². The number of rotatable bonds is 8. The summed E-state index contributed by atoms with van der Waals surface area (Å²) in [7, 11) is 0. The number of aromatic nitrogens is 2. The van der Waals surface area contributed by atoms with Crippen LogP contribution in [0.25, 0.3) is 51.0 Å². The number of benzene rings is 2. The highest BCUT2D eigenvalue weighted by Gasteiger charge is 2.29. The Hall–Kier alpha value is -7.18. The van der Waals surface area contributed by atoms with E-state index < -0.39 is 12.2 Å². The number of nitrogens with zero attached hydrogens (tertiary/aromatic N) is 8. The van der Waals surface area contributed by atoms with Crippen molar-refractivity contribution in [2.24, 2.45) is 9.98 Å². The fourth-order valence-corrected chi connectivity index (χ4v) is 10.4. The molecule has 12 nitrogen and oxygen atoms in total. The van der Waals surface area contributed by atoms with Crippen LogP contribution in [-0.4, -0.2) is 32.7 Å². The Labute approximate surface area is 333 Å². The average molecular weight is 805 g/mol. The maximum Gasteiger partial charge on any atom is 0.419 e. The predicted octanol–water partition coefficient (Wildman–Crippen LogP) is 10.9. The highest BCUT2D eigenvalue weighted by atomic mass is 32.1. The standard InChI is InChI=1S/C40H20N8O4S4/c41-17-25(18-42)45-33-13-11-29(53-33)27-15-31-35(47(27)39(49)51-21-23-7-3-1-4-8-23)37-38(55-31)36-32(56-37)16-28(30-12-14-34(54-30)46-26(19-43)20-44)48(36)40(50)52-22-24-9-5-2-6-10-24/h1-16H,21-22H2. The molecular weight excluding hydrogens is 785 g/mol. The van der Waals surface area contributed by atoms with Gasteiger partial charge in [0.1, 0.15) is 47.5 Å². The van der Waals surface area contributed by atoms with Crippen LogP contribution in [0.3, 0.4) is 0 Å². The quantitative estimate of drug-likeness (QED) is 0.136. The lowest BCUT2D eigenvalue weighted by Crippen LogP contribution is -2.14. The number of hydrogen-bond acceptors (Lipinski definition) is 14. The summed E-state index contributed by atoms with van der Waals surface area (Å²) >= 11 is 5.26. The SMILES string of the molecule is N#CC(C#N)=Nc1ccc(-c2cc3sc4c(sc5cc(-c6ccc(N=C(C#N)C#N)s6)n(C(=O)OCc6ccccc6)c54)c3n2C(=O)OCc2ccccc2)s1. The second-order valence-corrected chi connectivity index (χ2v) is 16.0. The predicted molar refractivity (Wildman–Crippen MR) is 218 cm³/mol. The summed E-state index contributed by atoms with van der Waals surface area (Å²) < 4.78 is 17.8. The Morgan fingerprint density at radius 1 is 0.554 bits per heavy atom. The van der Waals surface area contributed by atoms with Gasteiger partial charge in [-0.3, -0.25) is 0 Å². The van der Waals surface area contributed by atoms with E-state index in [1.54, 1.807) is 48.5 Å².